The van der Waals surface area contributed by atoms with E-state index in [1.54, 1.807) is 0 Å². The normalized spacial score (nSPS) is 30.7. The van der Waals surface area contributed by atoms with Crippen LogP contribution in [0.2, 0.25) is 0 Å². The minimum Gasteiger partial charge on any atom is -0.479 e. The van der Waals surface area contributed by atoms with E-state index in [0.29, 0.717) is 31.8 Å². The van der Waals surface area contributed by atoms with Gasteiger partial charge < -0.3 is 20.5 Å². The van der Waals surface area contributed by atoms with Crippen molar-refractivity contribution in [1.29, 1.82) is 0 Å². The van der Waals surface area contributed by atoms with Gasteiger partial charge in [-0.05, 0) is 25.2 Å². The van der Waals surface area contributed by atoms with Crippen LogP contribution in [0.1, 0.15) is 32.6 Å². The predicted molar refractivity (Wildman–Crippen MR) is 73.4 cm³/mol. The van der Waals surface area contributed by atoms with E-state index in [-0.39, 0.29) is 30.3 Å². The van der Waals surface area contributed by atoms with Crippen LogP contribution in [-0.2, 0) is 19.1 Å². The first-order valence-electron chi connectivity index (χ1n) is 7.40. The number of aliphatic carboxylic acids is 1. The molecule has 0 spiro atoms. The van der Waals surface area contributed by atoms with E-state index in [9.17, 15) is 14.4 Å². The number of hydrogen-bond donors (Lipinski definition) is 3. The SMILES string of the molecule is CC1CC1C(=O)NCCC(=O)NCC1CCC(C(=O)O)O1. The number of carboxylic acids is 1. The molecule has 4 unspecified atom stereocenters. The monoisotopic (exact) mass is 298 g/mol. The highest BCUT2D eigenvalue weighted by molar-refractivity contribution is 5.82. The molecule has 2 rings (SSSR count). The average Bonchev–Trinajstić information content (AvgIpc) is 2.98. The van der Waals surface area contributed by atoms with Crippen molar-refractivity contribution in [3.05, 3.63) is 0 Å². The number of hydrogen-bond acceptors (Lipinski definition) is 4. The topological polar surface area (TPSA) is 105 Å². The molecule has 0 aromatic heterocycles. The standard InChI is InChI=1S/C14H22N2O5/c1-8-6-10(8)13(18)15-5-4-12(17)16-7-9-2-3-11(21-9)14(19)20/h8-11H,2-7H2,1H3,(H,15,18)(H,16,17)(H,19,20). The summed E-state index contributed by atoms with van der Waals surface area (Å²) in [5.41, 5.74) is 0. The van der Waals surface area contributed by atoms with Crippen LogP contribution in [0.3, 0.4) is 0 Å². The zero-order chi connectivity index (χ0) is 15.4. The lowest BCUT2D eigenvalue weighted by Gasteiger charge is -2.12. The van der Waals surface area contributed by atoms with Crippen molar-refractivity contribution < 1.29 is 24.2 Å². The smallest absolute Gasteiger partial charge is 0.332 e. The van der Waals surface area contributed by atoms with Gasteiger partial charge in [0.25, 0.3) is 0 Å². The highest BCUT2D eigenvalue weighted by Crippen LogP contribution is 2.37. The molecule has 0 bridgehead atoms. The van der Waals surface area contributed by atoms with Crippen molar-refractivity contribution in [3.8, 4) is 0 Å². The molecule has 3 N–H and O–H groups in total. The molecule has 118 valence electrons. The van der Waals surface area contributed by atoms with Crippen LogP contribution in [0.4, 0.5) is 0 Å². The Bertz CT molecular complexity index is 426. The molecule has 0 aromatic rings. The van der Waals surface area contributed by atoms with Crippen molar-refractivity contribution in [2.75, 3.05) is 13.1 Å². The lowest BCUT2D eigenvalue weighted by Crippen LogP contribution is -2.35. The Kier molecular flexibility index (Phi) is 5.17. The molecule has 0 radical (unpaired) electrons. The third kappa shape index (κ3) is 4.70. The van der Waals surface area contributed by atoms with Crippen molar-refractivity contribution >= 4 is 17.8 Å². The minimum atomic E-state index is -0.958. The molecular formula is C14H22N2O5. The summed E-state index contributed by atoms with van der Waals surface area (Å²) in [6, 6.07) is 0. The van der Waals surface area contributed by atoms with Gasteiger partial charge in [-0.1, -0.05) is 6.92 Å². The maximum absolute atomic E-state index is 11.6. The number of nitrogens with one attached hydrogen (secondary N) is 2. The Morgan fingerprint density at radius 3 is 2.52 bits per heavy atom. The summed E-state index contributed by atoms with van der Waals surface area (Å²) in [7, 11) is 0. The Morgan fingerprint density at radius 2 is 1.95 bits per heavy atom. The quantitative estimate of drug-likeness (QED) is 0.608. The van der Waals surface area contributed by atoms with Gasteiger partial charge in [0, 0.05) is 25.4 Å². The Balaban J connectivity index is 1.54. The van der Waals surface area contributed by atoms with E-state index < -0.39 is 12.1 Å². The van der Waals surface area contributed by atoms with E-state index in [4.69, 9.17) is 9.84 Å². The number of amides is 2. The van der Waals surface area contributed by atoms with Crippen molar-refractivity contribution in [3.63, 3.8) is 0 Å². The molecule has 2 amide bonds. The van der Waals surface area contributed by atoms with E-state index in [2.05, 4.69) is 10.6 Å². The lowest BCUT2D eigenvalue weighted by atomic mass is 10.2. The van der Waals surface area contributed by atoms with E-state index in [1.165, 1.54) is 0 Å². The van der Waals surface area contributed by atoms with Gasteiger partial charge in [-0.15, -0.1) is 0 Å². The molecule has 4 atom stereocenters. The molecule has 1 saturated heterocycles. The molecular weight excluding hydrogens is 276 g/mol. The van der Waals surface area contributed by atoms with Crippen LogP contribution in [0.5, 0.6) is 0 Å². The number of ether oxygens (including phenoxy) is 1. The minimum absolute atomic E-state index is 0.0266. The van der Waals surface area contributed by atoms with Crippen LogP contribution in [0, 0.1) is 11.8 Å². The molecule has 2 aliphatic rings. The molecule has 7 nitrogen and oxygen atoms in total. The molecule has 7 heteroatoms. The van der Waals surface area contributed by atoms with Crippen LogP contribution < -0.4 is 10.6 Å². The van der Waals surface area contributed by atoms with Gasteiger partial charge in [-0.2, -0.15) is 0 Å². The first-order chi connectivity index (χ1) is 9.97. The maximum atomic E-state index is 11.6. The zero-order valence-corrected chi connectivity index (χ0v) is 12.1. The summed E-state index contributed by atoms with van der Waals surface area (Å²) < 4.78 is 5.28. The molecule has 0 aromatic carbocycles. The van der Waals surface area contributed by atoms with Gasteiger partial charge in [-0.25, -0.2) is 4.79 Å². The summed E-state index contributed by atoms with van der Waals surface area (Å²) >= 11 is 0. The van der Waals surface area contributed by atoms with Gasteiger partial charge >= 0.3 is 5.97 Å². The fraction of sp³-hybridized carbons (Fsp3) is 0.786. The van der Waals surface area contributed by atoms with Gasteiger partial charge in [0.05, 0.1) is 6.10 Å². The second-order valence-corrected chi connectivity index (χ2v) is 5.83. The fourth-order valence-electron chi connectivity index (χ4n) is 2.47. The van der Waals surface area contributed by atoms with Crippen LogP contribution in [0.15, 0.2) is 0 Å². The molecule has 1 aliphatic heterocycles. The Morgan fingerprint density at radius 1 is 1.24 bits per heavy atom. The van der Waals surface area contributed by atoms with Crippen LogP contribution in [-0.4, -0.2) is 48.2 Å². The van der Waals surface area contributed by atoms with Crippen molar-refractivity contribution in [2.24, 2.45) is 11.8 Å². The summed E-state index contributed by atoms with van der Waals surface area (Å²) in [5.74, 6) is -0.519. The first-order valence-corrected chi connectivity index (χ1v) is 7.40. The second kappa shape index (κ2) is 6.89. The van der Waals surface area contributed by atoms with Gasteiger partial charge in [0.15, 0.2) is 6.10 Å². The first kappa shape index (κ1) is 15.8. The van der Waals surface area contributed by atoms with Gasteiger partial charge in [-0.3, -0.25) is 9.59 Å². The Labute approximate surface area is 123 Å². The largest absolute Gasteiger partial charge is 0.479 e. The number of carbonyl (C=O) groups is 3. The van der Waals surface area contributed by atoms with Crippen LogP contribution in [0.25, 0.3) is 0 Å². The number of rotatable bonds is 7. The molecule has 1 heterocycles. The number of carbonyl (C=O) groups excluding carboxylic acids is 2. The van der Waals surface area contributed by atoms with Gasteiger partial charge in [0.1, 0.15) is 0 Å². The van der Waals surface area contributed by atoms with E-state index in [0.717, 1.165) is 6.42 Å². The number of carboxylic acid groups (broad SMARTS) is 1. The molecule has 2 fully saturated rings. The third-order valence-corrected chi connectivity index (χ3v) is 4.01. The Hall–Kier alpha value is -1.63. The fourth-order valence-corrected chi connectivity index (χ4v) is 2.47. The predicted octanol–water partition coefficient (Wildman–Crippen LogP) is -0.103. The third-order valence-electron chi connectivity index (χ3n) is 4.01. The summed E-state index contributed by atoms with van der Waals surface area (Å²) in [4.78, 5) is 33.9. The maximum Gasteiger partial charge on any atom is 0.332 e. The van der Waals surface area contributed by atoms with Crippen molar-refractivity contribution in [1.82, 2.24) is 10.6 Å². The highest BCUT2D eigenvalue weighted by atomic mass is 16.5. The summed E-state index contributed by atoms with van der Waals surface area (Å²) in [5, 5.41) is 14.2. The van der Waals surface area contributed by atoms with E-state index in [1.807, 2.05) is 6.92 Å². The van der Waals surface area contributed by atoms with Crippen molar-refractivity contribution in [2.45, 2.75) is 44.8 Å². The summed E-state index contributed by atoms with van der Waals surface area (Å²) in [6.45, 7) is 2.68. The lowest BCUT2D eigenvalue weighted by molar-refractivity contribution is -0.149. The highest BCUT2D eigenvalue weighted by Gasteiger charge is 2.38. The summed E-state index contributed by atoms with van der Waals surface area (Å²) in [6.07, 6.45) is 1.27. The average molecular weight is 298 g/mol. The van der Waals surface area contributed by atoms with Crippen LogP contribution >= 0.6 is 0 Å². The molecule has 1 aliphatic carbocycles. The molecule has 1 saturated carbocycles. The van der Waals surface area contributed by atoms with Gasteiger partial charge in [0.2, 0.25) is 11.8 Å². The zero-order valence-electron chi connectivity index (χ0n) is 12.1. The van der Waals surface area contributed by atoms with E-state index >= 15 is 0 Å². The second-order valence-electron chi connectivity index (χ2n) is 5.83. The molecule has 21 heavy (non-hydrogen) atoms.